The summed E-state index contributed by atoms with van der Waals surface area (Å²) in [6.45, 7) is 10.8. The Hall–Kier alpha value is 0. The fourth-order valence-corrected chi connectivity index (χ4v) is 1.15. The van der Waals surface area contributed by atoms with Crippen molar-refractivity contribution in [3.63, 3.8) is 0 Å². The van der Waals surface area contributed by atoms with Crippen molar-refractivity contribution in [1.29, 1.82) is 0 Å². The van der Waals surface area contributed by atoms with E-state index in [2.05, 4.69) is 27.7 Å². The van der Waals surface area contributed by atoms with E-state index in [1.54, 1.807) is 0 Å². The predicted molar refractivity (Wildman–Crippen MR) is 47.8 cm³/mol. The topological polar surface area (TPSA) is 0 Å². The highest BCUT2D eigenvalue weighted by atomic mass is 14.1. The molecule has 0 saturated carbocycles. The Balaban J connectivity index is 3.31. The third kappa shape index (κ3) is 3.92. The minimum atomic E-state index is 0.895. The zero-order chi connectivity index (χ0) is 7.98. The van der Waals surface area contributed by atoms with Crippen molar-refractivity contribution in [3.05, 3.63) is 6.92 Å². The third-order valence-electron chi connectivity index (χ3n) is 2.52. The van der Waals surface area contributed by atoms with E-state index in [9.17, 15) is 0 Å². The van der Waals surface area contributed by atoms with E-state index in [0.29, 0.717) is 0 Å². The van der Waals surface area contributed by atoms with Crippen molar-refractivity contribution in [2.45, 2.75) is 46.5 Å². The smallest absolute Gasteiger partial charge is 0.0417 e. The van der Waals surface area contributed by atoms with Crippen molar-refractivity contribution >= 4 is 0 Å². The monoisotopic (exact) mass is 141 g/mol. The van der Waals surface area contributed by atoms with Crippen LogP contribution in [0.4, 0.5) is 0 Å². The molecule has 2 unspecified atom stereocenters. The first-order chi connectivity index (χ1) is 4.72. The molecule has 0 nitrogen and oxygen atoms in total. The fourth-order valence-electron chi connectivity index (χ4n) is 1.15. The SMILES string of the molecule is [CH2]CCCC(C)C(C)CC. The molecule has 1 radical (unpaired) electrons. The minimum Gasteiger partial charge on any atom is -0.0651 e. The molecule has 0 rings (SSSR count). The maximum atomic E-state index is 3.84. The Morgan fingerprint density at radius 1 is 1.20 bits per heavy atom. The lowest BCUT2D eigenvalue weighted by Gasteiger charge is -2.17. The van der Waals surface area contributed by atoms with Gasteiger partial charge in [-0.05, 0) is 11.8 Å². The first-order valence-corrected chi connectivity index (χ1v) is 4.51. The molecule has 0 aromatic rings. The summed E-state index contributed by atoms with van der Waals surface area (Å²) >= 11 is 0. The summed E-state index contributed by atoms with van der Waals surface area (Å²) in [6.07, 6.45) is 5.07. The van der Waals surface area contributed by atoms with Crippen molar-refractivity contribution in [1.82, 2.24) is 0 Å². The highest BCUT2D eigenvalue weighted by Crippen LogP contribution is 2.19. The lowest BCUT2D eigenvalue weighted by molar-refractivity contribution is 0.348. The zero-order valence-corrected chi connectivity index (χ0v) is 7.69. The zero-order valence-electron chi connectivity index (χ0n) is 7.69. The second-order valence-corrected chi connectivity index (χ2v) is 3.36. The standard InChI is InChI=1S/C10H21/c1-5-7-8-10(4)9(3)6-2/h9-10H,1,5-8H2,2-4H3. The van der Waals surface area contributed by atoms with Crippen LogP contribution < -0.4 is 0 Å². The molecule has 0 bridgehead atoms. The van der Waals surface area contributed by atoms with Crippen molar-refractivity contribution in [3.8, 4) is 0 Å². The second-order valence-electron chi connectivity index (χ2n) is 3.36. The summed E-state index contributed by atoms with van der Waals surface area (Å²) in [4.78, 5) is 0. The van der Waals surface area contributed by atoms with Gasteiger partial charge < -0.3 is 0 Å². The van der Waals surface area contributed by atoms with Crippen LogP contribution in [0, 0.1) is 18.8 Å². The van der Waals surface area contributed by atoms with Gasteiger partial charge in [0.2, 0.25) is 0 Å². The average molecular weight is 141 g/mol. The molecule has 0 N–H and O–H groups in total. The van der Waals surface area contributed by atoms with E-state index in [4.69, 9.17) is 0 Å². The molecule has 0 aliphatic heterocycles. The van der Waals surface area contributed by atoms with E-state index in [1.165, 1.54) is 19.3 Å². The number of hydrogen-bond donors (Lipinski definition) is 0. The van der Waals surface area contributed by atoms with Gasteiger partial charge in [0.05, 0.1) is 0 Å². The first-order valence-electron chi connectivity index (χ1n) is 4.51. The number of rotatable bonds is 5. The lowest BCUT2D eigenvalue weighted by Crippen LogP contribution is -2.06. The molecule has 0 aliphatic rings. The summed E-state index contributed by atoms with van der Waals surface area (Å²) < 4.78 is 0. The summed E-state index contributed by atoms with van der Waals surface area (Å²) in [5.74, 6) is 1.79. The van der Waals surface area contributed by atoms with Crippen LogP contribution in [-0.2, 0) is 0 Å². The van der Waals surface area contributed by atoms with E-state index < -0.39 is 0 Å². The fraction of sp³-hybridized carbons (Fsp3) is 0.900. The predicted octanol–water partition coefficient (Wildman–Crippen LogP) is 3.67. The van der Waals surface area contributed by atoms with Gasteiger partial charge >= 0.3 is 0 Å². The van der Waals surface area contributed by atoms with Crippen molar-refractivity contribution < 1.29 is 0 Å². The Morgan fingerprint density at radius 3 is 2.20 bits per heavy atom. The van der Waals surface area contributed by atoms with Crippen LogP contribution in [0.2, 0.25) is 0 Å². The van der Waals surface area contributed by atoms with E-state index >= 15 is 0 Å². The molecular formula is C10H21. The highest BCUT2D eigenvalue weighted by molar-refractivity contribution is 4.60. The molecule has 0 spiro atoms. The largest absolute Gasteiger partial charge is 0.0651 e. The highest BCUT2D eigenvalue weighted by Gasteiger charge is 2.08. The Labute approximate surface area is 66.0 Å². The first kappa shape index (κ1) is 10.0. The van der Waals surface area contributed by atoms with Gasteiger partial charge in [-0.25, -0.2) is 0 Å². The van der Waals surface area contributed by atoms with Crippen LogP contribution in [0.15, 0.2) is 0 Å². The van der Waals surface area contributed by atoms with E-state index in [0.717, 1.165) is 18.3 Å². The molecule has 0 heterocycles. The second kappa shape index (κ2) is 5.76. The van der Waals surface area contributed by atoms with Gasteiger partial charge in [-0.2, -0.15) is 0 Å². The Kier molecular flexibility index (Phi) is 5.76. The molecule has 0 saturated heterocycles. The van der Waals surface area contributed by atoms with Crippen molar-refractivity contribution in [2.75, 3.05) is 0 Å². The van der Waals surface area contributed by atoms with Crippen LogP contribution >= 0.6 is 0 Å². The Bertz CT molecular complexity index is 66.4. The summed E-state index contributed by atoms with van der Waals surface area (Å²) in [7, 11) is 0. The van der Waals surface area contributed by atoms with Gasteiger partial charge in [0.1, 0.15) is 0 Å². The average Bonchev–Trinajstić information content (AvgIpc) is 1.98. The molecule has 0 heteroatoms. The molecule has 0 fully saturated rings. The van der Waals surface area contributed by atoms with Gasteiger partial charge in [0.15, 0.2) is 0 Å². The number of unbranched alkanes of at least 4 members (excludes halogenated alkanes) is 1. The molecule has 0 aliphatic carbocycles. The summed E-state index contributed by atoms with van der Waals surface area (Å²) in [5.41, 5.74) is 0. The van der Waals surface area contributed by atoms with Gasteiger partial charge in [-0.15, -0.1) is 0 Å². The molecule has 0 aromatic heterocycles. The van der Waals surface area contributed by atoms with Gasteiger partial charge in [-0.3, -0.25) is 0 Å². The van der Waals surface area contributed by atoms with E-state index in [1.807, 2.05) is 0 Å². The molecule has 2 atom stereocenters. The van der Waals surface area contributed by atoms with Crippen LogP contribution in [-0.4, -0.2) is 0 Å². The molecule has 10 heavy (non-hydrogen) atoms. The molecule has 61 valence electrons. The lowest BCUT2D eigenvalue weighted by atomic mass is 9.89. The normalized spacial score (nSPS) is 16.8. The maximum absolute atomic E-state index is 3.84. The minimum absolute atomic E-state index is 0.895. The Morgan fingerprint density at radius 2 is 1.80 bits per heavy atom. The van der Waals surface area contributed by atoms with Crippen LogP contribution in [0.25, 0.3) is 0 Å². The summed E-state index contributed by atoms with van der Waals surface area (Å²) in [5, 5.41) is 0. The van der Waals surface area contributed by atoms with Gasteiger partial charge in [0.25, 0.3) is 0 Å². The molecule has 0 amide bonds. The van der Waals surface area contributed by atoms with Crippen LogP contribution in [0.3, 0.4) is 0 Å². The van der Waals surface area contributed by atoms with Crippen molar-refractivity contribution in [2.24, 2.45) is 11.8 Å². The van der Waals surface area contributed by atoms with Gasteiger partial charge in [0, 0.05) is 0 Å². The van der Waals surface area contributed by atoms with Gasteiger partial charge in [-0.1, -0.05) is 53.4 Å². The van der Waals surface area contributed by atoms with Crippen LogP contribution in [0.5, 0.6) is 0 Å². The number of hydrogen-bond acceptors (Lipinski definition) is 0. The molecule has 0 aromatic carbocycles. The molecular weight excluding hydrogens is 120 g/mol. The van der Waals surface area contributed by atoms with E-state index in [-0.39, 0.29) is 0 Å². The van der Waals surface area contributed by atoms with Crippen LogP contribution in [0.1, 0.15) is 46.5 Å². The maximum Gasteiger partial charge on any atom is -0.0417 e. The quantitative estimate of drug-likeness (QED) is 0.548. The third-order valence-corrected chi connectivity index (χ3v) is 2.52. The summed E-state index contributed by atoms with van der Waals surface area (Å²) in [6, 6.07) is 0.